The van der Waals surface area contributed by atoms with E-state index in [2.05, 4.69) is 0 Å². The van der Waals surface area contributed by atoms with Gasteiger partial charge in [-0.25, -0.2) is 4.39 Å². The maximum absolute atomic E-state index is 15.1. The molecule has 2 atom stereocenters. The van der Waals surface area contributed by atoms with E-state index in [9.17, 15) is 27.6 Å². The van der Waals surface area contributed by atoms with Gasteiger partial charge in [0.1, 0.15) is 18.5 Å². The molecule has 1 amide bonds. The van der Waals surface area contributed by atoms with E-state index in [0.29, 0.717) is 21.6 Å². The first-order valence-electron chi connectivity index (χ1n) is 12.1. The first-order valence-corrected chi connectivity index (χ1v) is 13.1. The van der Waals surface area contributed by atoms with Crippen molar-refractivity contribution in [3.63, 3.8) is 0 Å². The molecule has 2 aliphatic rings. The zero-order chi connectivity index (χ0) is 28.8. The lowest BCUT2D eigenvalue weighted by Crippen LogP contribution is -2.60. The third-order valence-electron chi connectivity index (χ3n) is 6.81. The van der Waals surface area contributed by atoms with Gasteiger partial charge in [-0.15, -0.1) is 11.8 Å². The quantitative estimate of drug-likeness (QED) is 0.250. The Kier molecular flexibility index (Phi) is 7.25. The van der Waals surface area contributed by atoms with Gasteiger partial charge in [-0.2, -0.15) is 13.2 Å². The summed E-state index contributed by atoms with van der Waals surface area (Å²) in [6.45, 7) is 0.671. The minimum atomic E-state index is -4.79. The monoisotopic (exact) mass is 577 g/mol. The number of hydrogen-bond acceptors (Lipinski definition) is 7. The van der Waals surface area contributed by atoms with Crippen LogP contribution in [-0.4, -0.2) is 47.1 Å². The second kappa shape index (κ2) is 10.5. The van der Waals surface area contributed by atoms with Crippen LogP contribution in [0.4, 0.5) is 17.6 Å². The van der Waals surface area contributed by atoms with Crippen molar-refractivity contribution in [2.45, 2.75) is 42.8 Å². The maximum atomic E-state index is 15.1. The number of thioether (sulfide) groups is 1. The van der Waals surface area contributed by atoms with Crippen LogP contribution in [0, 0.1) is 5.82 Å². The summed E-state index contributed by atoms with van der Waals surface area (Å²) in [5.74, 6) is -2.60. The minimum Gasteiger partial charge on any atom is -0.451 e. The van der Waals surface area contributed by atoms with Crippen molar-refractivity contribution in [1.82, 2.24) is 9.58 Å². The molecule has 2 aliphatic heterocycles. The van der Waals surface area contributed by atoms with Crippen LogP contribution in [0.25, 0.3) is 0 Å². The molecule has 0 unspecified atom stereocenters. The molecule has 3 heterocycles. The highest BCUT2D eigenvalue weighted by Crippen LogP contribution is 2.44. The summed E-state index contributed by atoms with van der Waals surface area (Å²) in [6.07, 6.45) is -3.53. The van der Waals surface area contributed by atoms with Crippen molar-refractivity contribution in [2.75, 3.05) is 18.5 Å². The fraction of sp³-hybridized carbons (Fsp3) is 0.296. The summed E-state index contributed by atoms with van der Waals surface area (Å²) in [4.78, 5) is 39.0. The number of benzene rings is 2. The van der Waals surface area contributed by atoms with Crippen LogP contribution < -0.4 is 15.2 Å². The Morgan fingerprint density at radius 3 is 2.55 bits per heavy atom. The van der Waals surface area contributed by atoms with Crippen LogP contribution in [0.15, 0.2) is 64.4 Å². The van der Waals surface area contributed by atoms with Gasteiger partial charge in [-0.3, -0.25) is 24.1 Å². The smallest absolute Gasteiger partial charge is 0.408 e. The van der Waals surface area contributed by atoms with Crippen LogP contribution in [-0.2, 0) is 15.3 Å². The highest BCUT2D eigenvalue weighted by atomic mass is 32.2. The molecule has 0 saturated heterocycles. The van der Waals surface area contributed by atoms with Gasteiger partial charge in [0.25, 0.3) is 5.91 Å². The number of hydrogen-bond donors (Lipinski definition) is 0. The standard InChI is InChI=1S/C27H23F4N3O5S/c1-15(27(29,30)31)32-13-34(33-11-10-21(36)25(24(33)26(32)37)39-14-38-16(2)35)23-17-7-5-8-20(28)19(17)12-40-22-9-4-3-6-18(22)23/h3-11,15,23H,12-14H2,1-2H3/t15-,23+/m1/s1. The number of carbonyl (C=O) groups excluding carboxylic acids is 2. The second-order valence-corrected chi connectivity index (χ2v) is 10.2. The summed E-state index contributed by atoms with van der Waals surface area (Å²) in [5, 5.41) is 1.47. The highest BCUT2D eigenvalue weighted by Gasteiger charge is 2.48. The molecule has 0 radical (unpaired) electrons. The molecule has 8 nitrogen and oxygen atoms in total. The lowest BCUT2D eigenvalue weighted by atomic mass is 9.94. The van der Waals surface area contributed by atoms with Gasteiger partial charge >= 0.3 is 12.1 Å². The molecule has 1 aromatic heterocycles. The van der Waals surface area contributed by atoms with Crippen molar-refractivity contribution < 1.29 is 36.6 Å². The first kappa shape index (κ1) is 27.6. The molecule has 0 fully saturated rings. The Morgan fingerprint density at radius 2 is 1.82 bits per heavy atom. The molecule has 2 aromatic carbocycles. The number of carbonyl (C=O) groups is 2. The molecule has 40 heavy (non-hydrogen) atoms. The molecule has 0 N–H and O–H groups in total. The molecule has 0 bridgehead atoms. The number of fused-ring (bicyclic) bond motifs is 3. The second-order valence-electron chi connectivity index (χ2n) is 9.21. The number of ether oxygens (including phenoxy) is 2. The molecule has 0 spiro atoms. The van der Waals surface area contributed by atoms with Gasteiger partial charge in [0.2, 0.25) is 18.0 Å². The fourth-order valence-electron chi connectivity index (χ4n) is 4.80. The lowest BCUT2D eigenvalue weighted by molar-refractivity contribution is -0.173. The van der Waals surface area contributed by atoms with Gasteiger partial charge in [-0.1, -0.05) is 30.3 Å². The van der Waals surface area contributed by atoms with Gasteiger partial charge < -0.3 is 14.4 Å². The van der Waals surface area contributed by atoms with E-state index in [-0.39, 0.29) is 5.75 Å². The van der Waals surface area contributed by atoms with E-state index in [0.717, 1.165) is 24.8 Å². The fourth-order valence-corrected chi connectivity index (χ4v) is 5.92. The summed E-state index contributed by atoms with van der Waals surface area (Å²) >= 11 is 1.39. The molecular formula is C27H23F4N3O5S. The number of pyridine rings is 1. The molecule has 5 rings (SSSR count). The largest absolute Gasteiger partial charge is 0.451 e. The van der Waals surface area contributed by atoms with Crippen molar-refractivity contribution in [2.24, 2.45) is 0 Å². The Balaban J connectivity index is 1.76. The number of amides is 1. The summed E-state index contributed by atoms with van der Waals surface area (Å²) < 4.78 is 68.5. The van der Waals surface area contributed by atoms with Gasteiger partial charge in [0, 0.05) is 35.4 Å². The van der Waals surface area contributed by atoms with Crippen molar-refractivity contribution in [1.29, 1.82) is 0 Å². The number of esters is 1. The number of halogens is 4. The van der Waals surface area contributed by atoms with Gasteiger partial charge in [0.05, 0.1) is 6.04 Å². The van der Waals surface area contributed by atoms with E-state index >= 15 is 4.39 Å². The predicted octanol–water partition coefficient (Wildman–Crippen LogP) is 4.58. The lowest BCUT2D eigenvalue weighted by Gasteiger charge is -2.46. The highest BCUT2D eigenvalue weighted by molar-refractivity contribution is 7.98. The first-order chi connectivity index (χ1) is 19.0. The molecule has 0 saturated carbocycles. The predicted molar refractivity (Wildman–Crippen MR) is 137 cm³/mol. The number of alkyl halides is 3. The van der Waals surface area contributed by atoms with Crippen LogP contribution >= 0.6 is 11.8 Å². The molecule has 13 heteroatoms. The van der Waals surface area contributed by atoms with Crippen molar-refractivity contribution >= 4 is 23.6 Å². The third-order valence-corrected chi connectivity index (χ3v) is 7.93. The Morgan fingerprint density at radius 1 is 1.10 bits per heavy atom. The zero-order valence-electron chi connectivity index (χ0n) is 21.3. The zero-order valence-corrected chi connectivity index (χ0v) is 22.1. The van der Waals surface area contributed by atoms with E-state index in [1.165, 1.54) is 39.8 Å². The van der Waals surface area contributed by atoms with Gasteiger partial charge in [0.15, 0.2) is 5.69 Å². The van der Waals surface area contributed by atoms with Crippen LogP contribution in [0.3, 0.4) is 0 Å². The Labute approximate surface area is 230 Å². The maximum Gasteiger partial charge on any atom is 0.408 e. The van der Waals surface area contributed by atoms with E-state index < -0.39 is 66.3 Å². The van der Waals surface area contributed by atoms with E-state index in [1.807, 2.05) is 6.07 Å². The molecule has 210 valence electrons. The summed E-state index contributed by atoms with van der Waals surface area (Å²) in [7, 11) is 0. The minimum absolute atomic E-state index is 0.277. The summed E-state index contributed by atoms with van der Waals surface area (Å²) in [6, 6.07) is 9.73. The van der Waals surface area contributed by atoms with Crippen LogP contribution in [0.2, 0.25) is 0 Å². The molecule has 0 aliphatic carbocycles. The topological polar surface area (TPSA) is 81.1 Å². The Bertz CT molecular complexity index is 1540. The van der Waals surface area contributed by atoms with Crippen molar-refractivity contribution in [3.8, 4) is 5.75 Å². The van der Waals surface area contributed by atoms with Crippen molar-refractivity contribution in [3.05, 3.63) is 93.2 Å². The Hall–Kier alpha value is -4.00. The average Bonchev–Trinajstić information content (AvgIpc) is 3.07. The SMILES string of the molecule is CC(=O)OCOc1c2n(ccc1=O)N([C@@H]1c3ccccc3SCc3c(F)cccc31)CN([C@H](C)C(F)(F)F)C2=O. The van der Waals surface area contributed by atoms with Crippen LogP contribution in [0.1, 0.15) is 47.1 Å². The number of rotatable bonds is 5. The number of aromatic nitrogens is 1. The summed E-state index contributed by atoms with van der Waals surface area (Å²) in [5.41, 5.74) is 0.275. The van der Waals surface area contributed by atoms with E-state index in [1.54, 1.807) is 24.3 Å². The van der Waals surface area contributed by atoms with Crippen LogP contribution in [0.5, 0.6) is 5.75 Å². The number of nitrogens with zero attached hydrogens (tertiary/aromatic N) is 3. The van der Waals surface area contributed by atoms with Gasteiger partial charge in [-0.05, 0) is 30.2 Å². The third kappa shape index (κ3) is 4.89. The average molecular weight is 578 g/mol. The van der Waals surface area contributed by atoms with E-state index in [4.69, 9.17) is 9.47 Å². The molecule has 3 aromatic rings. The molecular weight excluding hydrogens is 554 g/mol. The normalized spacial score (nSPS) is 17.4.